The molecule has 0 bridgehead atoms. The molecule has 0 amide bonds. The average molecular weight is 1120 g/mol. The second-order valence-electron chi connectivity index (χ2n) is 17.6. The second kappa shape index (κ2) is 27.6. The van der Waals surface area contributed by atoms with E-state index in [0.29, 0.717) is 12.1 Å². The Labute approximate surface area is 423 Å². The summed E-state index contributed by atoms with van der Waals surface area (Å²) in [6.45, 7) is 4.56. The lowest BCUT2D eigenvalue weighted by Crippen LogP contribution is -3.00. The lowest BCUT2D eigenvalue weighted by molar-refractivity contribution is -0.697. The van der Waals surface area contributed by atoms with Gasteiger partial charge in [-0.3, -0.25) is 9.80 Å². The Hall–Kier alpha value is -2.98. The number of likely N-dealkylation sites (tertiary alicyclic amines) is 2. The molecule has 2 aliphatic heterocycles. The van der Waals surface area contributed by atoms with Gasteiger partial charge in [-0.15, -0.1) is 0 Å². The fourth-order valence-electron chi connectivity index (χ4n) is 9.35. The van der Waals surface area contributed by atoms with E-state index in [1.165, 1.54) is 107 Å². The number of hydrogen-bond acceptors (Lipinski definition) is 2. The first kappa shape index (κ1) is 52.0. The molecule has 0 aliphatic carbocycles. The molecular formula is C56H68Br4N4. The van der Waals surface area contributed by atoms with Gasteiger partial charge in [0.15, 0.2) is 24.8 Å². The van der Waals surface area contributed by atoms with E-state index in [-0.39, 0.29) is 34.0 Å². The zero-order chi connectivity index (χ0) is 42.9. The molecule has 4 heterocycles. The average Bonchev–Trinajstić information content (AvgIpc) is 3.96. The van der Waals surface area contributed by atoms with Crippen molar-refractivity contribution < 1.29 is 43.1 Å². The number of benzene rings is 4. The van der Waals surface area contributed by atoms with Crippen molar-refractivity contribution in [2.24, 2.45) is 0 Å². The van der Waals surface area contributed by atoms with E-state index in [0.717, 1.165) is 62.3 Å². The van der Waals surface area contributed by atoms with Gasteiger partial charge < -0.3 is 34.0 Å². The van der Waals surface area contributed by atoms with Gasteiger partial charge in [-0.1, -0.05) is 129 Å². The molecule has 0 saturated carbocycles. The highest BCUT2D eigenvalue weighted by Gasteiger charge is 2.25. The first-order chi connectivity index (χ1) is 30.4. The summed E-state index contributed by atoms with van der Waals surface area (Å²) < 4.78 is 4.75. The minimum absolute atomic E-state index is 0. The maximum Gasteiger partial charge on any atom is 0.173 e. The highest BCUT2D eigenvalue weighted by molar-refractivity contribution is 9.09. The van der Waals surface area contributed by atoms with Crippen molar-refractivity contribution >= 4 is 31.9 Å². The summed E-state index contributed by atoms with van der Waals surface area (Å²) in [5.74, 6) is 0. The topological polar surface area (TPSA) is 14.2 Å². The van der Waals surface area contributed by atoms with Crippen LogP contribution in [0.1, 0.15) is 96.8 Å². The summed E-state index contributed by atoms with van der Waals surface area (Å²) >= 11 is 6.96. The Bertz CT molecular complexity index is 2070. The maximum absolute atomic E-state index is 3.48. The highest BCUT2D eigenvalue weighted by atomic mass is 79.9. The Morgan fingerprint density at radius 3 is 1.05 bits per heavy atom. The molecular weight excluding hydrogens is 1050 g/mol. The molecule has 2 fully saturated rings. The number of aryl methyl sites for hydroxylation is 6. The molecule has 0 radical (unpaired) electrons. The lowest BCUT2D eigenvalue weighted by Gasteiger charge is -2.18. The summed E-state index contributed by atoms with van der Waals surface area (Å²) in [7, 11) is 4.51. The van der Waals surface area contributed by atoms with Crippen molar-refractivity contribution in [1.29, 1.82) is 0 Å². The summed E-state index contributed by atoms with van der Waals surface area (Å²) in [5.41, 5.74) is 13.8. The predicted octanol–water partition coefficient (Wildman–Crippen LogP) is 6.74. The zero-order valence-electron chi connectivity index (χ0n) is 38.0. The minimum Gasteiger partial charge on any atom is -1.00 e. The van der Waals surface area contributed by atoms with Crippen LogP contribution in [0.5, 0.6) is 0 Å². The highest BCUT2D eigenvalue weighted by Crippen LogP contribution is 2.30. The van der Waals surface area contributed by atoms with Gasteiger partial charge in [-0.25, -0.2) is 9.13 Å². The van der Waals surface area contributed by atoms with E-state index in [1.54, 1.807) is 0 Å². The number of aromatic nitrogens is 2. The number of alkyl halides is 2. The first-order valence-electron chi connectivity index (χ1n) is 23.3. The molecule has 2 atom stereocenters. The van der Waals surface area contributed by atoms with Crippen molar-refractivity contribution in [1.82, 2.24) is 9.80 Å². The Balaban J connectivity index is 0.000000296. The minimum atomic E-state index is 0. The van der Waals surface area contributed by atoms with Crippen molar-refractivity contribution in [3.05, 3.63) is 179 Å². The molecule has 0 N–H and O–H groups in total. The number of nitrogens with zero attached hydrogens (tertiary/aromatic N) is 4. The standard InChI is InChI=1S/C38H48N4.C18H20Br2.2BrH/c1-39-23-7-13-37(39)35-11-5-27-41(29-35)25-3-9-31-15-19-33(20-16-31)34-21-17-32(18-22-34)10-4-26-42-28-6-12-36(30-42)38-14-8-24-40(38)2;19-13-1-3-15-5-9-17(10-6-15)18-11-7-16(8-12-18)4-2-14-20;;/h5-6,11-12,15-22,27-30,37-38H,3-4,7-10,13-14,23-26H2,1-2H3;5-12H,1-4,13-14H2;2*1H/q+2;;;/p-2/t37-,38-;;;/m1.../s1. The van der Waals surface area contributed by atoms with Gasteiger partial charge >= 0.3 is 0 Å². The third-order valence-corrected chi connectivity index (χ3v) is 14.1. The van der Waals surface area contributed by atoms with Crippen LogP contribution in [0.25, 0.3) is 22.3 Å². The third kappa shape index (κ3) is 15.6. The molecule has 8 heteroatoms. The van der Waals surface area contributed by atoms with E-state index in [9.17, 15) is 0 Å². The van der Waals surface area contributed by atoms with Gasteiger partial charge in [-0.2, -0.15) is 0 Å². The van der Waals surface area contributed by atoms with E-state index in [1.807, 2.05) is 0 Å². The number of halogens is 4. The summed E-state index contributed by atoms with van der Waals surface area (Å²) in [6, 6.07) is 46.5. The number of hydrogen-bond donors (Lipinski definition) is 0. The fourth-order valence-corrected chi connectivity index (χ4v) is 9.91. The molecule has 0 spiro atoms. The van der Waals surface area contributed by atoms with Gasteiger partial charge in [0, 0.05) is 58.8 Å². The quantitative estimate of drug-likeness (QED) is 0.0700. The van der Waals surface area contributed by atoms with Crippen LogP contribution in [0.3, 0.4) is 0 Å². The molecule has 2 saturated heterocycles. The Kier molecular flexibility index (Phi) is 22.4. The smallest absolute Gasteiger partial charge is 0.173 e. The Morgan fingerprint density at radius 1 is 0.453 bits per heavy atom. The van der Waals surface area contributed by atoms with Crippen LogP contribution in [-0.4, -0.2) is 47.6 Å². The lowest BCUT2D eigenvalue weighted by atomic mass is 10.00. The summed E-state index contributed by atoms with van der Waals surface area (Å²) in [6.07, 6.45) is 23.6. The van der Waals surface area contributed by atoms with Crippen LogP contribution in [0.4, 0.5) is 0 Å². The third-order valence-electron chi connectivity index (χ3n) is 13.0. The van der Waals surface area contributed by atoms with E-state index < -0.39 is 0 Å². The molecule has 4 aromatic carbocycles. The molecule has 2 aliphatic rings. The monoisotopic (exact) mass is 1110 g/mol. The van der Waals surface area contributed by atoms with Crippen molar-refractivity contribution in [3.8, 4) is 22.3 Å². The Morgan fingerprint density at radius 2 is 0.766 bits per heavy atom. The van der Waals surface area contributed by atoms with Gasteiger partial charge in [0.25, 0.3) is 0 Å². The molecule has 8 rings (SSSR count). The van der Waals surface area contributed by atoms with Gasteiger partial charge in [0.05, 0.1) is 0 Å². The zero-order valence-corrected chi connectivity index (χ0v) is 44.4. The molecule has 0 unspecified atom stereocenters. The maximum atomic E-state index is 3.48. The van der Waals surface area contributed by atoms with E-state index in [2.05, 4.69) is 211 Å². The van der Waals surface area contributed by atoms with Crippen molar-refractivity contribution in [2.45, 2.75) is 102 Å². The predicted molar refractivity (Wildman–Crippen MR) is 267 cm³/mol. The largest absolute Gasteiger partial charge is 1.00 e. The van der Waals surface area contributed by atoms with Crippen molar-refractivity contribution in [2.75, 3.05) is 37.8 Å². The van der Waals surface area contributed by atoms with Gasteiger partial charge in [-0.05, 0) is 148 Å². The van der Waals surface area contributed by atoms with Crippen LogP contribution in [0.15, 0.2) is 146 Å². The van der Waals surface area contributed by atoms with Crippen LogP contribution in [0, 0.1) is 0 Å². The van der Waals surface area contributed by atoms with Gasteiger partial charge in [0.2, 0.25) is 0 Å². The van der Waals surface area contributed by atoms with E-state index >= 15 is 0 Å². The first-order valence-corrected chi connectivity index (χ1v) is 25.6. The fraction of sp³-hybridized carbons (Fsp3) is 0.393. The van der Waals surface area contributed by atoms with Gasteiger partial charge in [0.1, 0.15) is 13.1 Å². The summed E-state index contributed by atoms with van der Waals surface area (Å²) in [5, 5.41) is 2.15. The normalized spacial score (nSPS) is 16.1. The summed E-state index contributed by atoms with van der Waals surface area (Å²) in [4.78, 5) is 4.98. The van der Waals surface area contributed by atoms with Crippen LogP contribution in [-0.2, 0) is 38.8 Å². The molecule has 6 aromatic rings. The van der Waals surface area contributed by atoms with Crippen LogP contribution >= 0.6 is 31.9 Å². The van der Waals surface area contributed by atoms with Crippen LogP contribution < -0.4 is 43.1 Å². The molecule has 64 heavy (non-hydrogen) atoms. The molecule has 340 valence electrons. The second-order valence-corrected chi connectivity index (χ2v) is 19.2. The van der Waals surface area contributed by atoms with Crippen molar-refractivity contribution in [3.63, 3.8) is 0 Å². The van der Waals surface area contributed by atoms with Crippen LogP contribution in [0.2, 0.25) is 0 Å². The molecule has 2 aromatic heterocycles. The SMILES string of the molecule is BrCCCc1ccc(-c2ccc(CCCBr)cc2)cc1.CN1CCC[C@@H]1c1ccc[n+](CCCc2ccc(-c3ccc(CCC[n+]4cccc([C@H]5CCCN5C)c4)cc3)cc2)c1.[Br-].[Br-]. The number of pyridine rings is 2. The molecule has 4 nitrogen and oxygen atoms in total. The van der Waals surface area contributed by atoms with E-state index in [4.69, 9.17) is 0 Å². The number of rotatable bonds is 18.